The van der Waals surface area contributed by atoms with E-state index in [1.54, 1.807) is 6.20 Å². The van der Waals surface area contributed by atoms with Crippen LogP contribution in [0.25, 0.3) is 0 Å². The Morgan fingerprint density at radius 2 is 1.70 bits per heavy atom. The van der Waals surface area contributed by atoms with Gasteiger partial charge in [0.1, 0.15) is 5.82 Å². The van der Waals surface area contributed by atoms with Crippen molar-refractivity contribution in [2.24, 2.45) is 0 Å². The molecule has 4 heteroatoms. The maximum Gasteiger partial charge on any atom is 0.255 e. The van der Waals surface area contributed by atoms with E-state index >= 15 is 0 Å². The number of carbonyl (C=O) groups is 1. The Bertz CT molecular complexity index is 889. The lowest BCUT2D eigenvalue weighted by Crippen LogP contribution is -2.36. The van der Waals surface area contributed by atoms with Gasteiger partial charge in [-0.15, -0.1) is 0 Å². The number of carbonyl (C=O) groups excluding carboxylic acids is 1. The second kappa shape index (κ2) is 8.49. The van der Waals surface area contributed by atoms with Gasteiger partial charge in [0, 0.05) is 24.5 Å². The van der Waals surface area contributed by atoms with E-state index in [2.05, 4.69) is 10.3 Å². The number of para-hydroxylation sites is 1. The van der Waals surface area contributed by atoms with Gasteiger partial charge >= 0.3 is 0 Å². The zero-order chi connectivity index (χ0) is 19.2. The number of hydrogen-bond acceptors (Lipinski definition) is 3. The smallest absolute Gasteiger partial charge is 0.255 e. The number of pyridine rings is 1. The molecule has 0 fully saturated rings. The predicted molar refractivity (Wildman–Crippen MR) is 110 cm³/mol. The van der Waals surface area contributed by atoms with Crippen molar-refractivity contribution in [2.45, 2.75) is 33.4 Å². The minimum absolute atomic E-state index is 0.0104. The Balaban J connectivity index is 1.74. The molecule has 0 spiro atoms. The number of anilines is 2. The van der Waals surface area contributed by atoms with Crippen molar-refractivity contribution < 1.29 is 4.79 Å². The van der Waals surface area contributed by atoms with Crippen LogP contribution in [-0.4, -0.2) is 21.8 Å². The quantitative estimate of drug-likeness (QED) is 0.659. The molecule has 0 saturated carbocycles. The fourth-order valence-electron chi connectivity index (χ4n) is 2.88. The van der Waals surface area contributed by atoms with Gasteiger partial charge < -0.3 is 10.2 Å². The summed E-state index contributed by atoms with van der Waals surface area (Å²) in [6.07, 6.45) is 1.64. The Morgan fingerprint density at radius 3 is 2.33 bits per heavy atom. The van der Waals surface area contributed by atoms with Crippen molar-refractivity contribution in [1.82, 2.24) is 9.88 Å². The van der Waals surface area contributed by atoms with E-state index in [1.165, 1.54) is 0 Å². The lowest BCUT2D eigenvalue weighted by Gasteiger charge is -2.27. The molecule has 27 heavy (non-hydrogen) atoms. The SMILES string of the molecule is Cc1ccccc1Nc1ccc(C(=O)N(Cc2ccccc2)C(C)C)cn1. The molecule has 0 radical (unpaired) electrons. The average molecular weight is 359 g/mol. The third-order valence-corrected chi connectivity index (χ3v) is 4.50. The monoisotopic (exact) mass is 359 g/mol. The molecule has 0 atom stereocenters. The molecule has 3 aromatic rings. The number of amides is 1. The van der Waals surface area contributed by atoms with Crippen LogP contribution < -0.4 is 5.32 Å². The molecule has 1 aromatic heterocycles. The minimum Gasteiger partial charge on any atom is -0.340 e. The predicted octanol–water partition coefficient (Wildman–Crippen LogP) is 5.18. The Morgan fingerprint density at radius 1 is 1.00 bits per heavy atom. The average Bonchev–Trinajstić information content (AvgIpc) is 2.68. The van der Waals surface area contributed by atoms with E-state index in [1.807, 2.05) is 92.4 Å². The van der Waals surface area contributed by atoms with Crippen molar-refractivity contribution in [3.05, 3.63) is 89.6 Å². The second-order valence-electron chi connectivity index (χ2n) is 6.88. The molecular weight excluding hydrogens is 334 g/mol. The molecule has 3 rings (SSSR count). The van der Waals surface area contributed by atoms with Gasteiger partial charge in [-0.2, -0.15) is 0 Å². The summed E-state index contributed by atoms with van der Waals surface area (Å²) in [5.41, 5.74) is 3.87. The maximum atomic E-state index is 13.0. The van der Waals surface area contributed by atoms with Crippen LogP contribution >= 0.6 is 0 Å². The topological polar surface area (TPSA) is 45.2 Å². The summed E-state index contributed by atoms with van der Waals surface area (Å²) in [5.74, 6) is 0.712. The normalized spacial score (nSPS) is 10.7. The summed E-state index contributed by atoms with van der Waals surface area (Å²) < 4.78 is 0. The van der Waals surface area contributed by atoms with Gasteiger partial charge in [0.2, 0.25) is 0 Å². The van der Waals surface area contributed by atoms with Crippen molar-refractivity contribution >= 4 is 17.4 Å². The van der Waals surface area contributed by atoms with E-state index in [4.69, 9.17) is 0 Å². The number of aromatic nitrogens is 1. The first-order valence-corrected chi connectivity index (χ1v) is 9.18. The van der Waals surface area contributed by atoms with Crippen LogP contribution in [0.5, 0.6) is 0 Å². The van der Waals surface area contributed by atoms with Gasteiger partial charge in [0.15, 0.2) is 0 Å². The summed E-state index contributed by atoms with van der Waals surface area (Å²) >= 11 is 0. The Labute approximate surface area is 160 Å². The first-order chi connectivity index (χ1) is 13.0. The van der Waals surface area contributed by atoms with E-state index < -0.39 is 0 Å². The fraction of sp³-hybridized carbons (Fsp3) is 0.217. The fourth-order valence-corrected chi connectivity index (χ4v) is 2.88. The molecule has 1 heterocycles. The number of nitrogens with one attached hydrogen (secondary N) is 1. The zero-order valence-electron chi connectivity index (χ0n) is 16.0. The minimum atomic E-state index is -0.0104. The molecule has 4 nitrogen and oxygen atoms in total. The van der Waals surface area contributed by atoms with E-state index in [0.29, 0.717) is 12.1 Å². The van der Waals surface area contributed by atoms with E-state index in [0.717, 1.165) is 22.6 Å². The molecule has 0 saturated heterocycles. The Kier molecular flexibility index (Phi) is 5.87. The molecule has 138 valence electrons. The van der Waals surface area contributed by atoms with Crippen LogP contribution in [0.3, 0.4) is 0 Å². The van der Waals surface area contributed by atoms with Crippen LogP contribution in [0, 0.1) is 6.92 Å². The molecule has 2 aromatic carbocycles. The summed E-state index contributed by atoms with van der Waals surface area (Å²) in [6, 6.07) is 21.9. The number of nitrogens with zero attached hydrogens (tertiary/aromatic N) is 2. The first kappa shape index (κ1) is 18.6. The molecule has 0 bridgehead atoms. The molecule has 0 aliphatic heterocycles. The largest absolute Gasteiger partial charge is 0.340 e. The highest BCUT2D eigenvalue weighted by atomic mass is 16.2. The van der Waals surface area contributed by atoms with Crippen molar-refractivity contribution in [2.75, 3.05) is 5.32 Å². The van der Waals surface area contributed by atoms with Gasteiger partial charge in [-0.3, -0.25) is 4.79 Å². The molecule has 0 unspecified atom stereocenters. The van der Waals surface area contributed by atoms with Crippen LogP contribution in [0.4, 0.5) is 11.5 Å². The van der Waals surface area contributed by atoms with Crippen LogP contribution in [0.15, 0.2) is 72.9 Å². The maximum absolute atomic E-state index is 13.0. The number of rotatable bonds is 6. The van der Waals surface area contributed by atoms with E-state index in [-0.39, 0.29) is 11.9 Å². The van der Waals surface area contributed by atoms with Gasteiger partial charge in [0.05, 0.1) is 5.56 Å². The lowest BCUT2D eigenvalue weighted by atomic mass is 10.1. The molecular formula is C23H25N3O. The third-order valence-electron chi connectivity index (χ3n) is 4.50. The van der Waals surface area contributed by atoms with Crippen molar-refractivity contribution in [3.63, 3.8) is 0 Å². The van der Waals surface area contributed by atoms with Crippen LogP contribution in [0.1, 0.15) is 35.3 Å². The summed E-state index contributed by atoms with van der Waals surface area (Å²) in [7, 11) is 0. The highest BCUT2D eigenvalue weighted by Crippen LogP contribution is 2.19. The molecule has 1 amide bonds. The first-order valence-electron chi connectivity index (χ1n) is 9.18. The number of benzene rings is 2. The number of hydrogen-bond donors (Lipinski definition) is 1. The molecule has 0 aliphatic rings. The highest BCUT2D eigenvalue weighted by Gasteiger charge is 2.19. The summed E-state index contributed by atoms with van der Waals surface area (Å²) in [5, 5.41) is 3.29. The number of aryl methyl sites for hydroxylation is 1. The standard InChI is InChI=1S/C23H25N3O/c1-17(2)26(16-19-10-5-4-6-11-19)23(27)20-13-14-22(24-15-20)25-21-12-8-7-9-18(21)3/h4-15,17H,16H2,1-3H3,(H,24,25). The van der Waals surface area contributed by atoms with Crippen LogP contribution in [-0.2, 0) is 6.54 Å². The van der Waals surface area contributed by atoms with Gasteiger partial charge in [-0.1, -0.05) is 48.5 Å². The lowest BCUT2D eigenvalue weighted by molar-refractivity contribution is 0.0690. The highest BCUT2D eigenvalue weighted by molar-refractivity contribution is 5.94. The van der Waals surface area contributed by atoms with Gasteiger partial charge in [-0.25, -0.2) is 4.98 Å². The second-order valence-corrected chi connectivity index (χ2v) is 6.88. The zero-order valence-corrected chi connectivity index (χ0v) is 16.0. The van der Waals surface area contributed by atoms with E-state index in [9.17, 15) is 4.79 Å². The van der Waals surface area contributed by atoms with Crippen molar-refractivity contribution in [1.29, 1.82) is 0 Å². The van der Waals surface area contributed by atoms with Crippen LogP contribution in [0.2, 0.25) is 0 Å². The molecule has 1 N–H and O–H groups in total. The third kappa shape index (κ3) is 4.73. The Hall–Kier alpha value is -3.14. The molecule has 0 aliphatic carbocycles. The summed E-state index contributed by atoms with van der Waals surface area (Å²) in [6.45, 7) is 6.69. The van der Waals surface area contributed by atoms with Gasteiger partial charge in [-0.05, 0) is 50.1 Å². The van der Waals surface area contributed by atoms with Crippen molar-refractivity contribution in [3.8, 4) is 0 Å². The van der Waals surface area contributed by atoms with Gasteiger partial charge in [0.25, 0.3) is 5.91 Å². The summed E-state index contributed by atoms with van der Waals surface area (Å²) in [4.78, 5) is 19.3.